The number of nitrogens with zero attached hydrogens (tertiary/aromatic N) is 4. The quantitative estimate of drug-likeness (QED) is 0.109. The number of aryl methyl sites for hydroxylation is 2. The highest BCUT2D eigenvalue weighted by atomic mass is 16.5. The van der Waals surface area contributed by atoms with Gasteiger partial charge in [-0.1, -0.05) is 37.3 Å². The lowest BCUT2D eigenvalue weighted by Crippen LogP contribution is -2.61. The van der Waals surface area contributed by atoms with Gasteiger partial charge in [0.05, 0.1) is 18.2 Å². The van der Waals surface area contributed by atoms with Crippen LogP contribution in [0.5, 0.6) is 11.5 Å². The smallest absolute Gasteiger partial charge is 0.228 e. The highest BCUT2D eigenvalue weighted by Gasteiger charge is 2.58. The van der Waals surface area contributed by atoms with Crippen molar-refractivity contribution in [3.8, 4) is 22.6 Å². The highest BCUT2D eigenvalue weighted by Crippen LogP contribution is 2.54. The van der Waals surface area contributed by atoms with Gasteiger partial charge in [0.2, 0.25) is 5.72 Å². The Morgan fingerprint density at radius 2 is 1.47 bits per heavy atom. The molecule has 2 aromatic heterocycles. The zero-order chi connectivity index (χ0) is 32.4. The van der Waals surface area contributed by atoms with Gasteiger partial charge in [0.1, 0.15) is 30.3 Å². The molecule has 0 aliphatic carbocycles. The average Bonchev–Trinajstić information content (AvgIpc) is 3.26. The molecule has 2 aliphatic rings. The van der Waals surface area contributed by atoms with Gasteiger partial charge in [-0.25, -0.2) is 9.13 Å². The van der Waals surface area contributed by atoms with Crippen LogP contribution in [0.4, 0.5) is 11.4 Å². The first-order valence-electron chi connectivity index (χ1n) is 17.2. The van der Waals surface area contributed by atoms with Crippen LogP contribution in [0.1, 0.15) is 58.4 Å². The SMILES string of the molecule is CCC[n+]1ccc(-c2cc[n+](CCCCCCOc3ccc4ccc5c(c4c3)N=CC3(O5)N(C)c4ccccc4C3(C)C)cc2)cc1. The third-order valence-corrected chi connectivity index (χ3v) is 10.1. The Balaban J connectivity index is 0.913. The van der Waals surface area contributed by atoms with Crippen LogP contribution in [0.3, 0.4) is 0 Å². The minimum Gasteiger partial charge on any atom is -0.494 e. The summed E-state index contributed by atoms with van der Waals surface area (Å²) in [6.07, 6.45) is 16.4. The monoisotopic (exact) mass is 626 g/mol. The number of hydrogen-bond acceptors (Lipinski definition) is 4. The van der Waals surface area contributed by atoms with Crippen LogP contribution in [0.25, 0.3) is 21.9 Å². The maximum Gasteiger partial charge on any atom is 0.228 e. The summed E-state index contributed by atoms with van der Waals surface area (Å²) in [6.45, 7) is 9.48. The molecular formula is C41H46N4O2+2. The molecule has 3 aromatic carbocycles. The van der Waals surface area contributed by atoms with E-state index in [9.17, 15) is 0 Å². The third-order valence-electron chi connectivity index (χ3n) is 10.1. The zero-order valence-electron chi connectivity index (χ0n) is 28.2. The van der Waals surface area contributed by atoms with E-state index in [1.54, 1.807) is 0 Å². The van der Waals surface area contributed by atoms with Crippen LogP contribution in [-0.2, 0) is 18.5 Å². The average molecular weight is 627 g/mol. The van der Waals surface area contributed by atoms with Gasteiger partial charge in [0.25, 0.3) is 0 Å². The molecule has 0 fully saturated rings. The summed E-state index contributed by atoms with van der Waals surface area (Å²) < 4.78 is 17.6. The number of aromatic nitrogens is 2. The van der Waals surface area contributed by atoms with E-state index >= 15 is 0 Å². The highest BCUT2D eigenvalue weighted by molar-refractivity contribution is 6.00. The molecule has 0 radical (unpaired) electrons. The fourth-order valence-corrected chi connectivity index (χ4v) is 7.24. The van der Waals surface area contributed by atoms with Crippen LogP contribution in [0.15, 0.2) is 109 Å². The summed E-state index contributed by atoms with van der Waals surface area (Å²) in [6, 6.07) is 27.9. The molecule has 0 bridgehead atoms. The number of fused-ring (bicyclic) bond motifs is 4. The fraction of sp³-hybridized carbons (Fsp3) is 0.341. The fourth-order valence-electron chi connectivity index (χ4n) is 7.24. The van der Waals surface area contributed by atoms with Crippen LogP contribution in [-0.4, -0.2) is 25.6 Å². The van der Waals surface area contributed by atoms with Gasteiger partial charge in [-0.05, 0) is 79.5 Å². The van der Waals surface area contributed by atoms with Crippen molar-refractivity contribution in [2.45, 2.75) is 77.1 Å². The lowest BCUT2D eigenvalue weighted by Gasteiger charge is -2.45. The molecule has 6 heteroatoms. The van der Waals surface area contributed by atoms with E-state index in [-0.39, 0.29) is 5.41 Å². The Kier molecular flexibility index (Phi) is 8.44. The van der Waals surface area contributed by atoms with E-state index < -0.39 is 5.72 Å². The number of rotatable bonds is 11. The number of para-hydroxylation sites is 1. The first-order chi connectivity index (χ1) is 22.9. The molecular weight excluding hydrogens is 580 g/mol. The standard InChI is InChI=1S/C41H46N4O2/c1-5-22-44-24-18-31(19-25-44)32-20-26-45(27-21-32)23-10-6-7-11-28-46-34-16-14-33-15-17-38-39(35(33)29-34)42-30-41(47-38)40(2,3)36-12-8-9-13-37(36)43(41)4/h8-9,12-21,24-27,29-30H,5-7,10-11,22-23,28H2,1-4H3/q+2. The molecule has 1 atom stereocenters. The molecule has 0 saturated heterocycles. The number of aliphatic imine (C=N–C) groups is 1. The lowest BCUT2D eigenvalue weighted by molar-refractivity contribution is -0.697. The van der Waals surface area contributed by atoms with E-state index in [4.69, 9.17) is 14.5 Å². The van der Waals surface area contributed by atoms with Crippen molar-refractivity contribution >= 4 is 28.4 Å². The molecule has 7 rings (SSSR count). The van der Waals surface area contributed by atoms with Crippen molar-refractivity contribution in [1.29, 1.82) is 0 Å². The molecule has 0 amide bonds. The maximum absolute atomic E-state index is 6.88. The van der Waals surface area contributed by atoms with Crippen molar-refractivity contribution < 1.29 is 18.6 Å². The van der Waals surface area contributed by atoms with Gasteiger partial charge in [0.15, 0.2) is 24.8 Å². The number of pyridine rings is 2. The Bertz CT molecular complexity index is 1900. The normalized spacial score (nSPS) is 17.5. The predicted molar refractivity (Wildman–Crippen MR) is 190 cm³/mol. The first kappa shape index (κ1) is 30.9. The molecule has 240 valence electrons. The molecule has 0 N–H and O–H groups in total. The van der Waals surface area contributed by atoms with Crippen molar-refractivity contribution in [3.05, 3.63) is 109 Å². The zero-order valence-corrected chi connectivity index (χ0v) is 28.2. The topological polar surface area (TPSA) is 41.8 Å². The molecule has 5 aromatic rings. The van der Waals surface area contributed by atoms with Gasteiger partial charge < -0.3 is 14.4 Å². The Hall–Kier alpha value is -4.71. The van der Waals surface area contributed by atoms with Crippen LogP contribution < -0.4 is 23.5 Å². The summed E-state index contributed by atoms with van der Waals surface area (Å²) in [5.74, 6) is 1.68. The van der Waals surface area contributed by atoms with Gasteiger partial charge in [-0.2, -0.15) is 0 Å². The van der Waals surface area contributed by atoms with E-state index in [0.717, 1.165) is 66.7 Å². The predicted octanol–water partition coefficient (Wildman–Crippen LogP) is 8.35. The molecule has 4 heterocycles. The molecule has 6 nitrogen and oxygen atoms in total. The minimum absolute atomic E-state index is 0.275. The maximum atomic E-state index is 6.88. The summed E-state index contributed by atoms with van der Waals surface area (Å²) in [4.78, 5) is 7.28. The summed E-state index contributed by atoms with van der Waals surface area (Å²) in [5.41, 5.74) is 4.88. The van der Waals surface area contributed by atoms with Gasteiger partial charge in [-0.15, -0.1) is 0 Å². The number of unbranched alkanes of at least 4 members (excludes halogenated alkanes) is 3. The third kappa shape index (κ3) is 5.75. The number of benzene rings is 3. The minimum atomic E-state index is -0.687. The van der Waals surface area contributed by atoms with Crippen molar-refractivity contribution in [2.75, 3.05) is 18.6 Å². The van der Waals surface area contributed by atoms with Gasteiger partial charge >= 0.3 is 0 Å². The van der Waals surface area contributed by atoms with Gasteiger partial charge in [-0.3, -0.25) is 4.99 Å². The van der Waals surface area contributed by atoms with E-state index in [0.29, 0.717) is 6.61 Å². The molecule has 47 heavy (non-hydrogen) atoms. The Morgan fingerprint density at radius 3 is 2.19 bits per heavy atom. The largest absolute Gasteiger partial charge is 0.494 e. The number of anilines is 1. The van der Waals surface area contributed by atoms with Crippen molar-refractivity contribution in [2.24, 2.45) is 4.99 Å². The van der Waals surface area contributed by atoms with Crippen LogP contribution in [0.2, 0.25) is 0 Å². The van der Waals surface area contributed by atoms with E-state index in [2.05, 4.69) is 146 Å². The van der Waals surface area contributed by atoms with E-state index in [1.165, 1.54) is 28.8 Å². The first-order valence-corrected chi connectivity index (χ1v) is 17.2. The second kappa shape index (κ2) is 12.8. The number of likely N-dealkylation sites (N-methyl/N-ethyl adjacent to an activating group) is 1. The lowest BCUT2D eigenvalue weighted by atomic mass is 9.77. The Labute approximate surface area is 278 Å². The number of ether oxygens (including phenoxy) is 2. The number of hydrogen-bond donors (Lipinski definition) is 0. The molecule has 2 aliphatic heterocycles. The van der Waals surface area contributed by atoms with E-state index in [1.807, 2.05) is 6.21 Å². The van der Waals surface area contributed by atoms with Crippen molar-refractivity contribution in [3.63, 3.8) is 0 Å². The summed E-state index contributed by atoms with van der Waals surface area (Å²) in [7, 11) is 2.10. The van der Waals surface area contributed by atoms with Crippen LogP contribution in [0, 0.1) is 0 Å². The molecule has 1 spiro atoms. The second-order valence-electron chi connectivity index (χ2n) is 13.5. The summed E-state index contributed by atoms with van der Waals surface area (Å²) >= 11 is 0. The van der Waals surface area contributed by atoms with Crippen molar-refractivity contribution in [1.82, 2.24) is 0 Å². The molecule has 1 unspecified atom stereocenters. The second-order valence-corrected chi connectivity index (χ2v) is 13.5. The van der Waals surface area contributed by atoms with Crippen LogP contribution >= 0.6 is 0 Å². The summed E-state index contributed by atoms with van der Waals surface area (Å²) in [5, 5.41) is 2.18. The Morgan fingerprint density at radius 1 is 0.787 bits per heavy atom. The van der Waals surface area contributed by atoms with Gasteiger partial charge in [0, 0.05) is 55.2 Å². The molecule has 0 saturated carbocycles.